The molecule has 0 aliphatic heterocycles. The molecule has 3 nitrogen and oxygen atoms in total. The fraction of sp³-hybridized carbons (Fsp3) is 0.100. The van der Waals surface area contributed by atoms with Crippen molar-refractivity contribution in [2.75, 3.05) is 0 Å². The predicted molar refractivity (Wildman–Crippen MR) is 58.1 cm³/mol. The molecule has 0 bridgehead atoms. The molecule has 17 heavy (non-hydrogen) atoms. The maximum Gasteiger partial charge on any atom is 0.573 e. The Morgan fingerprint density at radius 2 is 1.88 bits per heavy atom. The van der Waals surface area contributed by atoms with Gasteiger partial charge in [0.25, 0.3) is 0 Å². The fourth-order valence-corrected chi connectivity index (χ4v) is 1.55. The Morgan fingerprint density at radius 1 is 1.18 bits per heavy atom. The second-order valence-corrected chi connectivity index (χ2v) is 3.61. The van der Waals surface area contributed by atoms with Gasteiger partial charge in [0.1, 0.15) is 5.75 Å². The van der Waals surface area contributed by atoms with E-state index in [1.54, 1.807) is 6.07 Å². The highest BCUT2D eigenvalue weighted by molar-refractivity contribution is 7.71. The molecule has 2 aromatic rings. The second-order valence-electron chi connectivity index (χ2n) is 3.20. The number of alkyl halides is 3. The number of nitrogens with one attached hydrogen (secondary N) is 2. The molecular weight excluding hydrogens is 253 g/mol. The molecule has 7 heteroatoms. The topological polar surface area (TPSA) is 40.8 Å². The van der Waals surface area contributed by atoms with E-state index in [0.29, 0.717) is 10.5 Å². The number of para-hydroxylation sites is 1. The fourth-order valence-electron chi connectivity index (χ4n) is 1.38. The van der Waals surface area contributed by atoms with Gasteiger partial charge >= 0.3 is 6.36 Å². The standard InChI is InChI=1S/C10H7F3N2OS/c11-10(12,13)16-8-4-2-1-3-6(8)7-5-14-9(17)15-7/h1-5H,(H2,14,15,17). The van der Waals surface area contributed by atoms with Gasteiger partial charge in [0.05, 0.1) is 5.69 Å². The Kier molecular flexibility index (Phi) is 2.93. The number of halogens is 3. The summed E-state index contributed by atoms with van der Waals surface area (Å²) in [6.07, 6.45) is -3.23. The molecule has 1 heterocycles. The Morgan fingerprint density at radius 3 is 2.47 bits per heavy atom. The van der Waals surface area contributed by atoms with E-state index in [9.17, 15) is 13.2 Å². The van der Waals surface area contributed by atoms with Crippen molar-refractivity contribution in [3.63, 3.8) is 0 Å². The van der Waals surface area contributed by atoms with Crippen molar-refractivity contribution in [1.82, 2.24) is 9.97 Å². The van der Waals surface area contributed by atoms with Crippen molar-refractivity contribution in [2.45, 2.75) is 6.36 Å². The normalized spacial score (nSPS) is 11.5. The molecule has 0 fully saturated rings. The lowest BCUT2D eigenvalue weighted by atomic mass is 10.1. The summed E-state index contributed by atoms with van der Waals surface area (Å²) < 4.78 is 40.8. The lowest BCUT2D eigenvalue weighted by Crippen LogP contribution is -2.17. The van der Waals surface area contributed by atoms with E-state index in [4.69, 9.17) is 12.2 Å². The van der Waals surface area contributed by atoms with Crippen LogP contribution >= 0.6 is 12.2 Å². The van der Waals surface area contributed by atoms with Crippen molar-refractivity contribution >= 4 is 12.2 Å². The largest absolute Gasteiger partial charge is 0.573 e. The minimum atomic E-state index is -4.72. The van der Waals surface area contributed by atoms with Gasteiger partial charge in [-0.3, -0.25) is 0 Å². The summed E-state index contributed by atoms with van der Waals surface area (Å²) in [6, 6.07) is 5.83. The van der Waals surface area contributed by atoms with Crippen molar-refractivity contribution in [2.24, 2.45) is 0 Å². The first-order chi connectivity index (χ1) is 7.96. The van der Waals surface area contributed by atoms with Gasteiger partial charge in [0.15, 0.2) is 4.77 Å². The summed E-state index contributed by atoms with van der Waals surface area (Å²) in [5.41, 5.74) is 0.729. The van der Waals surface area contributed by atoms with Crippen LogP contribution in [0.15, 0.2) is 30.5 Å². The number of H-pyrrole nitrogens is 2. The number of aromatic amines is 2. The van der Waals surface area contributed by atoms with E-state index in [2.05, 4.69) is 14.7 Å². The minimum Gasteiger partial charge on any atom is -0.405 e. The van der Waals surface area contributed by atoms with Crippen molar-refractivity contribution in [3.8, 4) is 17.0 Å². The number of hydrogen-bond donors (Lipinski definition) is 2. The second kappa shape index (κ2) is 4.25. The van der Waals surface area contributed by atoms with E-state index < -0.39 is 6.36 Å². The summed E-state index contributed by atoms with van der Waals surface area (Å²) >= 11 is 4.81. The zero-order valence-electron chi connectivity index (χ0n) is 8.34. The van der Waals surface area contributed by atoms with Gasteiger partial charge in [0.2, 0.25) is 0 Å². The third kappa shape index (κ3) is 2.88. The molecule has 2 rings (SSSR count). The smallest absolute Gasteiger partial charge is 0.405 e. The first kappa shape index (κ1) is 11.7. The van der Waals surface area contributed by atoms with Crippen molar-refractivity contribution in [1.29, 1.82) is 0 Å². The Hall–Kier alpha value is -1.76. The van der Waals surface area contributed by atoms with E-state index in [-0.39, 0.29) is 11.3 Å². The van der Waals surface area contributed by atoms with Crippen LogP contribution in [0.4, 0.5) is 13.2 Å². The summed E-state index contributed by atoms with van der Waals surface area (Å²) in [6.45, 7) is 0. The lowest BCUT2D eigenvalue weighted by molar-refractivity contribution is -0.274. The highest BCUT2D eigenvalue weighted by Gasteiger charge is 2.32. The molecule has 0 radical (unpaired) electrons. The van der Waals surface area contributed by atoms with Crippen LogP contribution in [0.3, 0.4) is 0 Å². The first-order valence-corrected chi connectivity index (χ1v) is 4.99. The van der Waals surface area contributed by atoms with E-state index in [1.165, 1.54) is 24.4 Å². The number of aromatic nitrogens is 2. The minimum absolute atomic E-state index is 0.273. The lowest BCUT2D eigenvalue weighted by Gasteiger charge is -2.11. The molecular formula is C10H7F3N2OS. The zero-order chi connectivity index (χ0) is 12.5. The molecule has 0 amide bonds. The highest BCUT2D eigenvalue weighted by atomic mass is 32.1. The summed E-state index contributed by atoms with van der Waals surface area (Å²) in [5, 5.41) is 0. The molecule has 0 saturated heterocycles. The number of imidazole rings is 1. The molecule has 0 spiro atoms. The third-order valence-corrected chi connectivity index (χ3v) is 2.22. The monoisotopic (exact) mass is 260 g/mol. The van der Waals surface area contributed by atoms with Gasteiger partial charge in [-0.2, -0.15) is 0 Å². The Balaban J connectivity index is 2.44. The van der Waals surface area contributed by atoms with Crippen LogP contribution in [-0.2, 0) is 0 Å². The molecule has 90 valence electrons. The predicted octanol–water partition coefficient (Wildman–Crippen LogP) is 3.64. The molecule has 0 unspecified atom stereocenters. The summed E-state index contributed by atoms with van der Waals surface area (Å²) in [5.74, 6) is -0.273. The molecule has 0 saturated carbocycles. The van der Waals surface area contributed by atoms with Gasteiger partial charge in [-0.05, 0) is 24.4 Å². The quantitative estimate of drug-likeness (QED) is 0.809. The average molecular weight is 260 g/mol. The third-order valence-electron chi connectivity index (χ3n) is 2.00. The van der Waals surface area contributed by atoms with Crippen molar-refractivity contribution < 1.29 is 17.9 Å². The summed E-state index contributed by atoms with van der Waals surface area (Å²) in [4.78, 5) is 5.41. The van der Waals surface area contributed by atoms with Crippen LogP contribution in [0.5, 0.6) is 5.75 Å². The number of benzene rings is 1. The van der Waals surface area contributed by atoms with Gasteiger partial charge in [0, 0.05) is 11.8 Å². The summed E-state index contributed by atoms with van der Waals surface area (Å²) in [7, 11) is 0. The van der Waals surface area contributed by atoms with Gasteiger partial charge in [-0.1, -0.05) is 12.1 Å². The zero-order valence-corrected chi connectivity index (χ0v) is 9.15. The van der Waals surface area contributed by atoms with Crippen LogP contribution in [-0.4, -0.2) is 16.3 Å². The van der Waals surface area contributed by atoms with Gasteiger partial charge in [-0.25, -0.2) is 0 Å². The molecule has 0 aliphatic rings. The van der Waals surface area contributed by atoms with Crippen LogP contribution < -0.4 is 4.74 Å². The molecule has 1 aromatic heterocycles. The van der Waals surface area contributed by atoms with E-state index >= 15 is 0 Å². The Labute approximate surface area is 99.3 Å². The van der Waals surface area contributed by atoms with Crippen LogP contribution in [0.1, 0.15) is 0 Å². The molecule has 1 aromatic carbocycles. The van der Waals surface area contributed by atoms with E-state index in [0.717, 1.165) is 0 Å². The van der Waals surface area contributed by atoms with Gasteiger partial charge < -0.3 is 14.7 Å². The highest BCUT2D eigenvalue weighted by Crippen LogP contribution is 2.32. The van der Waals surface area contributed by atoms with E-state index in [1.807, 2.05) is 0 Å². The number of rotatable bonds is 2. The number of hydrogen-bond acceptors (Lipinski definition) is 2. The first-order valence-electron chi connectivity index (χ1n) is 4.58. The maximum absolute atomic E-state index is 12.2. The molecule has 2 N–H and O–H groups in total. The molecule has 0 atom stereocenters. The SMILES string of the molecule is FC(F)(F)Oc1ccccc1-c1c[nH]c(=S)[nH]1. The maximum atomic E-state index is 12.2. The van der Waals surface area contributed by atoms with Crippen LogP contribution in [0.2, 0.25) is 0 Å². The van der Waals surface area contributed by atoms with Crippen molar-refractivity contribution in [3.05, 3.63) is 35.2 Å². The Bertz CT molecular complexity index is 573. The van der Waals surface area contributed by atoms with Crippen LogP contribution in [0, 0.1) is 4.77 Å². The average Bonchev–Trinajstić information content (AvgIpc) is 2.63. The molecule has 0 aliphatic carbocycles. The van der Waals surface area contributed by atoms with Gasteiger partial charge in [-0.15, -0.1) is 13.2 Å². The van der Waals surface area contributed by atoms with Crippen LogP contribution in [0.25, 0.3) is 11.3 Å². The number of ether oxygens (including phenoxy) is 1.